The molecule has 1 aromatic carbocycles. The van der Waals surface area contributed by atoms with E-state index in [1.807, 2.05) is 25.1 Å². The molecule has 0 spiro atoms. The highest BCUT2D eigenvalue weighted by atomic mass is 79.9. The van der Waals surface area contributed by atoms with Gasteiger partial charge in [0.2, 0.25) is 5.89 Å². The van der Waals surface area contributed by atoms with E-state index in [1.165, 1.54) is 0 Å². The van der Waals surface area contributed by atoms with Gasteiger partial charge in [-0.25, -0.2) is 0 Å². The minimum Gasteiger partial charge on any atom is -0.406 e. The van der Waals surface area contributed by atoms with Crippen LogP contribution < -0.4 is 10.6 Å². The largest absolute Gasteiger partial charge is 0.406 e. The maximum absolute atomic E-state index is 5.50. The molecule has 0 saturated heterocycles. The van der Waals surface area contributed by atoms with Crippen molar-refractivity contribution < 1.29 is 4.42 Å². The number of hydrogen-bond donors (Lipinski definition) is 2. The Morgan fingerprint density at radius 1 is 1.32 bits per heavy atom. The fourth-order valence-corrected chi connectivity index (χ4v) is 1.76. The number of nitrogens with zero attached hydrogens (tertiary/aromatic N) is 2. The lowest BCUT2D eigenvalue weighted by Gasteiger charge is -2.04. The summed E-state index contributed by atoms with van der Waals surface area (Å²) in [5.74, 6) is 0.574. The molecule has 2 aromatic rings. The Hall–Kier alpha value is -1.40. The molecule has 5 nitrogen and oxygen atoms in total. The first-order valence-corrected chi connectivity index (χ1v) is 6.93. The van der Waals surface area contributed by atoms with Crippen LogP contribution in [0.1, 0.15) is 25.3 Å². The van der Waals surface area contributed by atoms with E-state index in [2.05, 4.69) is 50.6 Å². The van der Waals surface area contributed by atoms with Gasteiger partial charge in [-0.15, -0.1) is 5.10 Å². The highest BCUT2D eigenvalue weighted by molar-refractivity contribution is 9.10. The molecule has 0 bridgehead atoms. The number of hydrogen-bond acceptors (Lipinski definition) is 5. The maximum atomic E-state index is 5.50. The number of nitrogens with one attached hydrogen (secondary N) is 2. The van der Waals surface area contributed by atoms with Crippen molar-refractivity contribution in [2.75, 3.05) is 5.32 Å². The molecule has 1 heterocycles. The van der Waals surface area contributed by atoms with Crippen LogP contribution in [0.2, 0.25) is 0 Å². The van der Waals surface area contributed by atoms with Crippen molar-refractivity contribution in [1.82, 2.24) is 15.5 Å². The Bertz CT molecular complexity index is 553. The molecule has 0 aliphatic carbocycles. The minimum atomic E-state index is 0.387. The van der Waals surface area contributed by atoms with Crippen LogP contribution in [0.25, 0.3) is 0 Å². The van der Waals surface area contributed by atoms with E-state index in [0.717, 1.165) is 15.7 Å². The fourth-order valence-electron chi connectivity index (χ4n) is 1.51. The molecule has 0 aliphatic heterocycles. The highest BCUT2D eigenvalue weighted by Crippen LogP contribution is 2.22. The van der Waals surface area contributed by atoms with Gasteiger partial charge >= 0.3 is 6.01 Å². The Balaban J connectivity index is 2.01. The third kappa shape index (κ3) is 4.04. The summed E-state index contributed by atoms with van der Waals surface area (Å²) >= 11 is 3.47. The van der Waals surface area contributed by atoms with Crippen molar-refractivity contribution in [2.24, 2.45) is 0 Å². The van der Waals surface area contributed by atoms with Gasteiger partial charge < -0.3 is 15.1 Å². The van der Waals surface area contributed by atoms with Gasteiger partial charge in [-0.1, -0.05) is 34.9 Å². The lowest BCUT2D eigenvalue weighted by Crippen LogP contribution is -2.21. The molecule has 0 aliphatic rings. The molecular formula is C13H17BrN4O. The summed E-state index contributed by atoms with van der Waals surface area (Å²) in [5.41, 5.74) is 2.07. The molecule has 102 valence electrons. The minimum absolute atomic E-state index is 0.387. The molecule has 0 amide bonds. The summed E-state index contributed by atoms with van der Waals surface area (Å²) in [4.78, 5) is 0. The van der Waals surface area contributed by atoms with Crippen LogP contribution in [0.5, 0.6) is 0 Å². The summed E-state index contributed by atoms with van der Waals surface area (Å²) in [6.45, 7) is 6.74. The van der Waals surface area contributed by atoms with Gasteiger partial charge in [-0.05, 0) is 30.7 Å². The van der Waals surface area contributed by atoms with Gasteiger partial charge in [0.15, 0.2) is 0 Å². The van der Waals surface area contributed by atoms with Gasteiger partial charge in [0.1, 0.15) is 0 Å². The SMILES string of the molecule is Cc1cc(Nc2nnc(CNC(C)C)o2)ccc1Br. The highest BCUT2D eigenvalue weighted by Gasteiger charge is 2.07. The number of aryl methyl sites for hydroxylation is 1. The lowest BCUT2D eigenvalue weighted by atomic mass is 10.2. The lowest BCUT2D eigenvalue weighted by molar-refractivity contribution is 0.460. The van der Waals surface area contributed by atoms with Crippen molar-refractivity contribution >= 4 is 27.6 Å². The molecule has 2 N–H and O–H groups in total. The summed E-state index contributed by atoms with van der Waals surface area (Å²) in [7, 11) is 0. The number of aromatic nitrogens is 2. The Morgan fingerprint density at radius 3 is 2.79 bits per heavy atom. The zero-order valence-corrected chi connectivity index (χ0v) is 12.8. The number of anilines is 2. The van der Waals surface area contributed by atoms with Crippen LogP contribution in [0.15, 0.2) is 27.1 Å². The molecule has 1 aromatic heterocycles. The zero-order valence-electron chi connectivity index (χ0n) is 11.2. The van der Waals surface area contributed by atoms with Crippen molar-refractivity contribution in [3.05, 3.63) is 34.1 Å². The van der Waals surface area contributed by atoms with Gasteiger partial charge in [0, 0.05) is 16.2 Å². The second-order valence-corrected chi connectivity index (χ2v) is 5.48. The number of benzene rings is 1. The van der Waals surface area contributed by atoms with Crippen LogP contribution in [0, 0.1) is 6.92 Å². The maximum Gasteiger partial charge on any atom is 0.320 e. The molecule has 6 heteroatoms. The van der Waals surface area contributed by atoms with Gasteiger partial charge in [-0.3, -0.25) is 0 Å². The fraction of sp³-hybridized carbons (Fsp3) is 0.385. The van der Waals surface area contributed by atoms with E-state index in [1.54, 1.807) is 0 Å². The van der Waals surface area contributed by atoms with Crippen molar-refractivity contribution in [3.8, 4) is 0 Å². The van der Waals surface area contributed by atoms with E-state index in [0.29, 0.717) is 24.5 Å². The second-order valence-electron chi connectivity index (χ2n) is 4.63. The van der Waals surface area contributed by atoms with E-state index < -0.39 is 0 Å². The first kappa shape index (κ1) is 14.0. The number of rotatable bonds is 5. The van der Waals surface area contributed by atoms with Crippen molar-refractivity contribution in [2.45, 2.75) is 33.4 Å². The third-order valence-corrected chi connectivity index (χ3v) is 3.43. The monoisotopic (exact) mass is 324 g/mol. The molecule has 0 radical (unpaired) electrons. The topological polar surface area (TPSA) is 63.0 Å². The molecule has 19 heavy (non-hydrogen) atoms. The molecule has 0 saturated carbocycles. The van der Waals surface area contributed by atoms with Gasteiger partial charge in [0.05, 0.1) is 6.54 Å². The standard InChI is InChI=1S/C13H17BrN4O/c1-8(2)15-7-12-17-18-13(19-12)16-10-4-5-11(14)9(3)6-10/h4-6,8,15H,7H2,1-3H3,(H,16,18). The summed E-state index contributed by atoms with van der Waals surface area (Å²) in [6.07, 6.45) is 0. The van der Waals surface area contributed by atoms with Crippen molar-refractivity contribution in [1.29, 1.82) is 0 Å². The molecule has 0 atom stereocenters. The number of halogens is 1. The van der Waals surface area contributed by atoms with E-state index in [9.17, 15) is 0 Å². The van der Waals surface area contributed by atoms with E-state index in [4.69, 9.17) is 4.42 Å². The molecule has 2 rings (SSSR count). The smallest absolute Gasteiger partial charge is 0.320 e. The average molecular weight is 325 g/mol. The van der Waals surface area contributed by atoms with Crippen LogP contribution in [0.4, 0.5) is 11.7 Å². The van der Waals surface area contributed by atoms with Crippen LogP contribution >= 0.6 is 15.9 Å². The first-order chi connectivity index (χ1) is 9.04. The molecule has 0 unspecified atom stereocenters. The Kier molecular flexibility index (Phi) is 4.55. The second kappa shape index (κ2) is 6.16. The predicted molar refractivity (Wildman–Crippen MR) is 78.4 cm³/mol. The van der Waals surface area contributed by atoms with Gasteiger partial charge in [0.25, 0.3) is 0 Å². The van der Waals surface area contributed by atoms with Crippen LogP contribution in [-0.2, 0) is 6.54 Å². The first-order valence-electron chi connectivity index (χ1n) is 6.13. The summed E-state index contributed by atoms with van der Waals surface area (Å²) in [5, 5.41) is 14.3. The molecule has 0 fully saturated rings. The van der Waals surface area contributed by atoms with Gasteiger partial charge in [-0.2, -0.15) is 0 Å². The normalized spacial score (nSPS) is 11.0. The van der Waals surface area contributed by atoms with Crippen LogP contribution in [-0.4, -0.2) is 16.2 Å². The summed E-state index contributed by atoms with van der Waals surface area (Å²) in [6, 6.07) is 6.74. The van der Waals surface area contributed by atoms with Crippen LogP contribution in [0.3, 0.4) is 0 Å². The molecular weight excluding hydrogens is 308 g/mol. The Labute approximate surface area is 120 Å². The zero-order chi connectivity index (χ0) is 13.8. The quantitative estimate of drug-likeness (QED) is 0.882. The predicted octanol–water partition coefficient (Wildman–Crippen LogP) is 3.38. The average Bonchev–Trinajstić information content (AvgIpc) is 2.79. The third-order valence-electron chi connectivity index (χ3n) is 2.54. The summed E-state index contributed by atoms with van der Waals surface area (Å²) < 4.78 is 6.57. The Morgan fingerprint density at radius 2 is 2.11 bits per heavy atom. The van der Waals surface area contributed by atoms with E-state index >= 15 is 0 Å². The van der Waals surface area contributed by atoms with E-state index in [-0.39, 0.29) is 0 Å². The van der Waals surface area contributed by atoms with Crippen molar-refractivity contribution in [3.63, 3.8) is 0 Å².